The Hall–Kier alpha value is -1.71. The van der Waals surface area contributed by atoms with Gasteiger partial charge in [-0.05, 0) is 93.9 Å². The van der Waals surface area contributed by atoms with E-state index in [4.69, 9.17) is 15.0 Å². The lowest BCUT2D eigenvalue weighted by Crippen LogP contribution is -2.63. The summed E-state index contributed by atoms with van der Waals surface area (Å²) in [6.07, 6.45) is 8.52. The van der Waals surface area contributed by atoms with E-state index in [9.17, 15) is 5.11 Å². The number of aliphatic hydroxyl groups excluding tert-OH is 1. The fraction of sp³-hybridized carbons (Fsp3) is 0.906. The maximum Gasteiger partial charge on any atom is 0.232 e. The molecule has 0 amide bonds. The molecule has 9 heteroatoms. The van der Waals surface area contributed by atoms with Gasteiger partial charge in [-0.15, -0.1) is 0 Å². The van der Waals surface area contributed by atoms with E-state index in [0.29, 0.717) is 24.6 Å². The van der Waals surface area contributed by atoms with Crippen LogP contribution in [0, 0.1) is 0 Å². The molecule has 2 aliphatic rings. The summed E-state index contributed by atoms with van der Waals surface area (Å²) in [5.41, 5.74) is 0.0662. The highest BCUT2D eigenvalue weighted by atomic mass is 16.3. The monoisotopic (exact) mass is 575 g/mol. The second-order valence-corrected chi connectivity index (χ2v) is 15.4. The van der Waals surface area contributed by atoms with Gasteiger partial charge in [-0.2, -0.15) is 15.0 Å². The molecule has 0 unspecified atom stereocenters. The van der Waals surface area contributed by atoms with Gasteiger partial charge in [0.25, 0.3) is 0 Å². The molecule has 0 saturated carbocycles. The van der Waals surface area contributed by atoms with Crippen LogP contribution in [0.15, 0.2) is 0 Å². The van der Waals surface area contributed by atoms with Gasteiger partial charge in [-0.25, -0.2) is 0 Å². The smallest absolute Gasteiger partial charge is 0.232 e. The van der Waals surface area contributed by atoms with Gasteiger partial charge in [0, 0.05) is 60.9 Å². The molecular formula is C32H62N8O. The van der Waals surface area contributed by atoms with Crippen LogP contribution in [0.5, 0.6) is 0 Å². The number of hydrogen-bond acceptors (Lipinski definition) is 9. The van der Waals surface area contributed by atoms with Crippen LogP contribution in [0.2, 0.25) is 0 Å². The first-order valence-electron chi connectivity index (χ1n) is 16.2. The summed E-state index contributed by atoms with van der Waals surface area (Å²) in [5.74, 6) is 2.19. The highest BCUT2D eigenvalue weighted by Crippen LogP contribution is 2.36. The van der Waals surface area contributed by atoms with Crippen LogP contribution < -0.4 is 25.3 Å². The molecule has 2 aliphatic heterocycles. The van der Waals surface area contributed by atoms with Crippen molar-refractivity contribution in [1.29, 1.82) is 0 Å². The molecule has 236 valence electrons. The zero-order valence-electron chi connectivity index (χ0n) is 28.3. The first kappa shape index (κ1) is 33.8. The van der Waals surface area contributed by atoms with E-state index < -0.39 is 0 Å². The molecule has 0 atom stereocenters. The SMILES string of the molecule is CCCCN(c1nc(N(C)CCO)nc(N(CCCC)C2CC(C)(C)NC(C)(C)C2)n1)C1CC(C)(C)NC(C)(C)C1. The van der Waals surface area contributed by atoms with Crippen LogP contribution in [0.1, 0.15) is 121 Å². The van der Waals surface area contributed by atoms with E-state index in [0.717, 1.165) is 76.4 Å². The average Bonchev–Trinajstić information content (AvgIpc) is 2.81. The molecule has 2 fully saturated rings. The third-order valence-electron chi connectivity index (χ3n) is 8.61. The Morgan fingerprint density at radius 1 is 0.634 bits per heavy atom. The zero-order valence-corrected chi connectivity index (χ0v) is 28.3. The van der Waals surface area contributed by atoms with E-state index in [1.165, 1.54) is 0 Å². The summed E-state index contributed by atoms with van der Waals surface area (Å²) in [6.45, 7) is 25.4. The molecule has 0 spiro atoms. The average molecular weight is 575 g/mol. The minimum atomic E-state index is 0.0165. The molecule has 9 nitrogen and oxygen atoms in total. The minimum absolute atomic E-state index is 0.0165. The number of hydrogen-bond donors (Lipinski definition) is 3. The van der Waals surface area contributed by atoms with Gasteiger partial charge in [0.05, 0.1) is 6.61 Å². The largest absolute Gasteiger partial charge is 0.395 e. The zero-order chi connectivity index (χ0) is 30.6. The standard InChI is InChI=1S/C32H62N8O/c1-12-14-16-39(24-20-29(3,4)36-30(5,6)21-24)27-33-26(38(11)18-19-41)34-28(35-27)40(17-15-13-2)25-22-31(7,8)37-32(9,10)23-25/h24-25,36-37,41H,12-23H2,1-11H3. The molecule has 3 heterocycles. The fourth-order valence-electron chi connectivity index (χ4n) is 7.55. The second-order valence-electron chi connectivity index (χ2n) is 15.4. The van der Waals surface area contributed by atoms with Gasteiger partial charge in [-0.3, -0.25) is 0 Å². The first-order chi connectivity index (χ1) is 19.0. The fourth-order valence-corrected chi connectivity index (χ4v) is 7.55. The third-order valence-corrected chi connectivity index (χ3v) is 8.61. The van der Waals surface area contributed by atoms with Crippen LogP contribution in [-0.2, 0) is 0 Å². The van der Waals surface area contributed by atoms with Crippen molar-refractivity contribution in [1.82, 2.24) is 25.6 Å². The number of unbranched alkanes of at least 4 members (excludes halogenated alkanes) is 2. The van der Waals surface area contributed by atoms with Gasteiger partial charge < -0.3 is 30.4 Å². The molecule has 3 N–H and O–H groups in total. The van der Waals surface area contributed by atoms with E-state index in [1.807, 2.05) is 11.9 Å². The molecular weight excluding hydrogens is 512 g/mol. The predicted molar refractivity (Wildman–Crippen MR) is 173 cm³/mol. The molecule has 0 aromatic carbocycles. The Morgan fingerprint density at radius 3 is 1.29 bits per heavy atom. The van der Waals surface area contributed by atoms with Gasteiger partial charge in [0.1, 0.15) is 0 Å². The summed E-state index contributed by atoms with van der Waals surface area (Å²) >= 11 is 0. The number of aromatic nitrogens is 3. The Kier molecular flexibility index (Phi) is 11.0. The summed E-state index contributed by atoms with van der Waals surface area (Å²) in [4.78, 5) is 22.4. The molecule has 1 aromatic rings. The van der Waals surface area contributed by atoms with Crippen molar-refractivity contribution in [3.8, 4) is 0 Å². The van der Waals surface area contributed by atoms with Gasteiger partial charge in [0.2, 0.25) is 17.8 Å². The lowest BCUT2D eigenvalue weighted by molar-refractivity contribution is 0.157. The van der Waals surface area contributed by atoms with Crippen molar-refractivity contribution in [2.24, 2.45) is 0 Å². The van der Waals surface area contributed by atoms with Gasteiger partial charge >= 0.3 is 0 Å². The Labute approximate surface area is 251 Å². The van der Waals surface area contributed by atoms with Crippen molar-refractivity contribution in [2.75, 3.05) is 48.0 Å². The normalized spacial score (nSPS) is 22.0. The van der Waals surface area contributed by atoms with Crippen molar-refractivity contribution < 1.29 is 5.11 Å². The Balaban J connectivity index is 2.14. The first-order valence-corrected chi connectivity index (χ1v) is 16.2. The lowest BCUT2D eigenvalue weighted by Gasteiger charge is -2.50. The molecule has 3 rings (SSSR count). The van der Waals surface area contributed by atoms with Crippen LogP contribution >= 0.6 is 0 Å². The summed E-state index contributed by atoms with van der Waals surface area (Å²) < 4.78 is 0. The minimum Gasteiger partial charge on any atom is -0.395 e. The molecule has 1 aromatic heterocycles. The van der Waals surface area contributed by atoms with Crippen molar-refractivity contribution in [3.63, 3.8) is 0 Å². The maximum atomic E-state index is 9.78. The lowest BCUT2D eigenvalue weighted by atomic mass is 9.79. The number of likely N-dealkylation sites (N-methyl/N-ethyl adjacent to an activating group) is 1. The molecule has 0 bridgehead atoms. The molecule has 0 aliphatic carbocycles. The van der Waals surface area contributed by atoms with Gasteiger partial charge in [0.15, 0.2) is 0 Å². The number of rotatable bonds is 13. The summed E-state index contributed by atoms with van der Waals surface area (Å²) in [7, 11) is 1.97. The van der Waals surface area contributed by atoms with Crippen molar-refractivity contribution in [3.05, 3.63) is 0 Å². The quantitative estimate of drug-likeness (QED) is 0.296. The Bertz CT molecular complexity index is 878. The second kappa shape index (κ2) is 13.3. The number of aliphatic hydroxyl groups is 1. The van der Waals surface area contributed by atoms with E-state index in [2.05, 4.69) is 89.7 Å². The number of piperidine rings is 2. The number of nitrogens with zero attached hydrogens (tertiary/aromatic N) is 6. The van der Waals surface area contributed by atoms with E-state index >= 15 is 0 Å². The predicted octanol–water partition coefficient (Wildman–Crippen LogP) is 5.13. The van der Waals surface area contributed by atoms with Gasteiger partial charge in [-0.1, -0.05) is 26.7 Å². The van der Waals surface area contributed by atoms with Crippen LogP contribution in [0.3, 0.4) is 0 Å². The van der Waals surface area contributed by atoms with E-state index in [-0.39, 0.29) is 28.8 Å². The van der Waals surface area contributed by atoms with Crippen molar-refractivity contribution in [2.45, 2.75) is 155 Å². The van der Waals surface area contributed by atoms with Crippen LogP contribution in [-0.4, -0.2) is 87.6 Å². The topological polar surface area (TPSA) is 92.7 Å². The van der Waals surface area contributed by atoms with Crippen molar-refractivity contribution >= 4 is 17.8 Å². The molecule has 2 saturated heterocycles. The van der Waals surface area contributed by atoms with Crippen LogP contribution in [0.25, 0.3) is 0 Å². The summed E-state index contributed by atoms with van der Waals surface area (Å²) in [5, 5.41) is 17.5. The maximum absolute atomic E-state index is 9.78. The molecule has 41 heavy (non-hydrogen) atoms. The molecule has 0 radical (unpaired) electrons. The summed E-state index contributed by atoms with van der Waals surface area (Å²) in [6, 6.07) is 0.639. The van der Waals surface area contributed by atoms with E-state index in [1.54, 1.807) is 0 Å². The Morgan fingerprint density at radius 2 is 0.976 bits per heavy atom. The third kappa shape index (κ3) is 9.39. The number of nitrogens with one attached hydrogen (secondary N) is 2. The highest BCUT2D eigenvalue weighted by molar-refractivity contribution is 5.48. The van der Waals surface area contributed by atoms with Crippen LogP contribution in [0.4, 0.5) is 17.8 Å². The number of anilines is 3. The highest BCUT2D eigenvalue weighted by Gasteiger charge is 2.42.